The highest BCUT2D eigenvalue weighted by Crippen LogP contribution is 2.21. The van der Waals surface area contributed by atoms with Crippen LogP contribution in [0.4, 0.5) is 0 Å². The minimum atomic E-state index is -0.00891. The van der Waals surface area contributed by atoms with E-state index in [0.29, 0.717) is 6.54 Å². The first-order chi connectivity index (χ1) is 7.19. The summed E-state index contributed by atoms with van der Waals surface area (Å²) in [5.74, 6) is 0.960. The number of likely N-dealkylation sites (tertiary alicyclic amines) is 1. The molecule has 3 nitrogen and oxygen atoms in total. The molecular weight excluding hydrogens is 188 g/mol. The fourth-order valence-electron chi connectivity index (χ4n) is 2.32. The highest BCUT2D eigenvalue weighted by molar-refractivity contribution is 5.78. The molecule has 3 heteroatoms. The van der Waals surface area contributed by atoms with Crippen LogP contribution in [0, 0.1) is 11.8 Å². The van der Waals surface area contributed by atoms with E-state index in [4.69, 9.17) is 5.73 Å². The van der Waals surface area contributed by atoms with Gasteiger partial charge in [0.25, 0.3) is 0 Å². The van der Waals surface area contributed by atoms with Crippen LogP contribution in [0.1, 0.15) is 39.5 Å². The van der Waals surface area contributed by atoms with Gasteiger partial charge in [-0.25, -0.2) is 0 Å². The number of carbonyl (C=O) groups excluding carboxylic acids is 1. The molecule has 0 aromatic rings. The van der Waals surface area contributed by atoms with E-state index < -0.39 is 0 Å². The third-order valence-corrected chi connectivity index (χ3v) is 3.30. The Morgan fingerprint density at radius 1 is 1.60 bits per heavy atom. The lowest BCUT2D eigenvalue weighted by Gasteiger charge is -2.34. The van der Waals surface area contributed by atoms with Gasteiger partial charge in [0.15, 0.2) is 0 Å². The second kappa shape index (κ2) is 6.11. The molecule has 0 aliphatic carbocycles. The number of amides is 1. The normalized spacial score (nSPS) is 23.9. The maximum absolute atomic E-state index is 11.9. The lowest BCUT2D eigenvalue weighted by atomic mass is 9.93. The summed E-state index contributed by atoms with van der Waals surface area (Å²) in [6, 6.07) is 0. The molecule has 1 saturated heterocycles. The molecule has 1 heterocycles. The third kappa shape index (κ3) is 3.49. The van der Waals surface area contributed by atoms with Crippen LogP contribution in [0.15, 0.2) is 0 Å². The predicted octanol–water partition coefficient (Wildman–Crippen LogP) is 1.62. The highest BCUT2D eigenvalue weighted by atomic mass is 16.2. The second-order valence-corrected chi connectivity index (χ2v) is 4.72. The molecule has 0 bridgehead atoms. The van der Waals surface area contributed by atoms with Gasteiger partial charge in [-0.15, -0.1) is 0 Å². The van der Waals surface area contributed by atoms with E-state index in [2.05, 4.69) is 6.92 Å². The van der Waals surface area contributed by atoms with Gasteiger partial charge < -0.3 is 10.6 Å². The largest absolute Gasteiger partial charge is 0.342 e. The van der Waals surface area contributed by atoms with E-state index in [9.17, 15) is 4.79 Å². The standard InChI is InChI=1S/C12H24N2O/c1-3-5-11-6-4-7-14(9-11)12(15)10(2)8-13/h10-11H,3-9,13H2,1-2H3. The molecule has 15 heavy (non-hydrogen) atoms. The van der Waals surface area contributed by atoms with Crippen LogP contribution < -0.4 is 5.73 Å². The number of nitrogens with two attached hydrogens (primary N) is 1. The molecule has 1 aliphatic heterocycles. The van der Waals surface area contributed by atoms with E-state index in [1.807, 2.05) is 11.8 Å². The van der Waals surface area contributed by atoms with Crippen molar-refractivity contribution < 1.29 is 4.79 Å². The van der Waals surface area contributed by atoms with Crippen molar-refractivity contribution >= 4 is 5.91 Å². The van der Waals surface area contributed by atoms with Crippen LogP contribution >= 0.6 is 0 Å². The van der Waals surface area contributed by atoms with Crippen molar-refractivity contribution in [2.75, 3.05) is 19.6 Å². The molecule has 1 rings (SSSR count). The Hall–Kier alpha value is -0.570. The van der Waals surface area contributed by atoms with Crippen molar-refractivity contribution in [3.63, 3.8) is 0 Å². The monoisotopic (exact) mass is 212 g/mol. The summed E-state index contributed by atoms with van der Waals surface area (Å²) < 4.78 is 0. The molecule has 1 amide bonds. The van der Waals surface area contributed by atoms with Gasteiger partial charge in [0.1, 0.15) is 0 Å². The predicted molar refractivity (Wildman–Crippen MR) is 62.4 cm³/mol. The molecule has 2 N–H and O–H groups in total. The van der Waals surface area contributed by atoms with Gasteiger partial charge in [-0.1, -0.05) is 20.3 Å². The third-order valence-electron chi connectivity index (χ3n) is 3.30. The lowest BCUT2D eigenvalue weighted by Crippen LogP contribution is -2.43. The van der Waals surface area contributed by atoms with E-state index >= 15 is 0 Å². The Morgan fingerprint density at radius 2 is 2.33 bits per heavy atom. The molecule has 0 aromatic carbocycles. The number of nitrogens with zero attached hydrogens (tertiary/aromatic N) is 1. The van der Waals surface area contributed by atoms with Crippen LogP contribution in [-0.2, 0) is 4.79 Å². The zero-order valence-electron chi connectivity index (χ0n) is 10.0. The number of carbonyl (C=O) groups is 1. The molecule has 1 aliphatic rings. The summed E-state index contributed by atoms with van der Waals surface area (Å²) in [7, 11) is 0. The van der Waals surface area contributed by atoms with Gasteiger partial charge in [0, 0.05) is 25.6 Å². The van der Waals surface area contributed by atoms with Crippen molar-refractivity contribution in [1.29, 1.82) is 0 Å². The Balaban J connectivity index is 2.44. The van der Waals surface area contributed by atoms with Crippen LogP contribution in [0.2, 0.25) is 0 Å². The molecule has 0 radical (unpaired) electrons. The summed E-state index contributed by atoms with van der Waals surface area (Å²) in [5.41, 5.74) is 5.53. The maximum atomic E-state index is 11.9. The van der Waals surface area contributed by atoms with Crippen molar-refractivity contribution in [2.24, 2.45) is 17.6 Å². The van der Waals surface area contributed by atoms with Crippen LogP contribution in [-0.4, -0.2) is 30.4 Å². The summed E-state index contributed by atoms with van der Waals surface area (Å²) in [6.07, 6.45) is 4.92. The van der Waals surface area contributed by atoms with E-state index in [0.717, 1.165) is 25.4 Å². The highest BCUT2D eigenvalue weighted by Gasteiger charge is 2.25. The van der Waals surface area contributed by atoms with Crippen molar-refractivity contribution in [3.8, 4) is 0 Å². The van der Waals surface area contributed by atoms with Crippen molar-refractivity contribution in [3.05, 3.63) is 0 Å². The summed E-state index contributed by atoms with van der Waals surface area (Å²) in [5, 5.41) is 0. The topological polar surface area (TPSA) is 46.3 Å². The number of hydrogen-bond acceptors (Lipinski definition) is 2. The first kappa shape index (κ1) is 12.5. The zero-order chi connectivity index (χ0) is 11.3. The van der Waals surface area contributed by atoms with Crippen molar-refractivity contribution in [1.82, 2.24) is 4.90 Å². The maximum Gasteiger partial charge on any atom is 0.226 e. The Bertz CT molecular complexity index is 204. The number of rotatable bonds is 4. The van der Waals surface area contributed by atoms with Crippen LogP contribution in [0.5, 0.6) is 0 Å². The first-order valence-corrected chi connectivity index (χ1v) is 6.17. The van der Waals surface area contributed by atoms with Crippen LogP contribution in [0.3, 0.4) is 0 Å². The second-order valence-electron chi connectivity index (χ2n) is 4.72. The van der Waals surface area contributed by atoms with Gasteiger partial charge in [-0.3, -0.25) is 4.79 Å². The Morgan fingerprint density at radius 3 is 2.93 bits per heavy atom. The molecular formula is C12H24N2O. The van der Waals surface area contributed by atoms with Gasteiger partial charge in [0.2, 0.25) is 5.91 Å². The molecule has 2 unspecified atom stereocenters. The molecule has 88 valence electrons. The SMILES string of the molecule is CCCC1CCCN(C(=O)C(C)CN)C1. The number of piperidine rings is 1. The van der Waals surface area contributed by atoms with Gasteiger partial charge in [-0.2, -0.15) is 0 Å². The van der Waals surface area contributed by atoms with Crippen LogP contribution in [0.25, 0.3) is 0 Å². The Labute approximate surface area is 93.0 Å². The fraction of sp³-hybridized carbons (Fsp3) is 0.917. The summed E-state index contributed by atoms with van der Waals surface area (Å²) in [6.45, 7) is 6.49. The van der Waals surface area contributed by atoms with Gasteiger partial charge in [0.05, 0.1) is 0 Å². The molecule has 0 aromatic heterocycles. The fourth-order valence-corrected chi connectivity index (χ4v) is 2.32. The van der Waals surface area contributed by atoms with E-state index in [1.54, 1.807) is 0 Å². The first-order valence-electron chi connectivity index (χ1n) is 6.17. The molecule has 2 atom stereocenters. The Kier molecular flexibility index (Phi) is 5.09. The average Bonchev–Trinajstić information content (AvgIpc) is 2.28. The van der Waals surface area contributed by atoms with E-state index in [1.165, 1.54) is 19.3 Å². The molecule has 1 fully saturated rings. The van der Waals surface area contributed by atoms with Gasteiger partial charge >= 0.3 is 0 Å². The quantitative estimate of drug-likeness (QED) is 0.769. The number of hydrogen-bond donors (Lipinski definition) is 1. The summed E-state index contributed by atoms with van der Waals surface area (Å²) >= 11 is 0. The molecule has 0 saturated carbocycles. The minimum absolute atomic E-state index is 0.00891. The van der Waals surface area contributed by atoms with E-state index in [-0.39, 0.29) is 11.8 Å². The lowest BCUT2D eigenvalue weighted by molar-refractivity contribution is -0.136. The average molecular weight is 212 g/mol. The van der Waals surface area contributed by atoms with Gasteiger partial charge in [-0.05, 0) is 25.2 Å². The smallest absolute Gasteiger partial charge is 0.226 e. The van der Waals surface area contributed by atoms with Crippen molar-refractivity contribution in [2.45, 2.75) is 39.5 Å². The minimum Gasteiger partial charge on any atom is -0.342 e. The molecule has 0 spiro atoms. The summed E-state index contributed by atoms with van der Waals surface area (Å²) in [4.78, 5) is 13.9. The zero-order valence-corrected chi connectivity index (χ0v) is 10.0.